The fraction of sp³-hybridized carbons (Fsp3) is 0.333. The van der Waals surface area contributed by atoms with Crippen LogP contribution in [0.2, 0.25) is 0 Å². The molecule has 6 heteroatoms. The van der Waals surface area contributed by atoms with Crippen LogP contribution < -0.4 is 5.73 Å². The molecule has 2 aromatic rings. The summed E-state index contributed by atoms with van der Waals surface area (Å²) >= 11 is 1.65. The predicted octanol–water partition coefficient (Wildman–Crippen LogP) is 1.13. The molecule has 2 rings (SSSR count). The van der Waals surface area contributed by atoms with Crippen LogP contribution >= 0.6 is 11.3 Å². The highest BCUT2D eigenvalue weighted by molar-refractivity contribution is 7.09. The molecule has 2 heterocycles. The predicted molar refractivity (Wildman–Crippen MR) is 69.2 cm³/mol. The van der Waals surface area contributed by atoms with Crippen molar-refractivity contribution in [3.8, 4) is 0 Å². The summed E-state index contributed by atoms with van der Waals surface area (Å²) in [4.78, 5) is 19.6. The Labute approximate surface area is 109 Å². The molecule has 5 nitrogen and oxygen atoms in total. The van der Waals surface area contributed by atoms with E-state index >= 15 is 0 Å². The second-order valence-corrected chi connectivity index (χ2v) is 4.92. The molecule has 0 amide bonds. The van der Waals surface area contributed by atoms with Gasteiger partial charge in [0.2, 0.25) is 0 Å². The second kappa shape index (κ2) is 6.32. The largest absolute Gasteiger partial charge is 0.464 e. The Morgan fingerprint density at radius 3 is 3.17 bits per heavy atom. The molecular formula is C12H15N3O2S. The number of hydrogen-bond acceptors (Lipinski definition) is 5. The van der Waals surface area contributed by atoms with Gasteiger partial charge in [0.1, 0.15) is 6.04 Å². The summed E-state index contributed by atoms with van der Waals surface area (Å²) in [7, 11) is 0. The molecular weight excluding hydrogens is 250 g/mol. The molecule has 1 atom stereocenters. The van der Waals surface area contributed by atoms with E-state index in [1.54, 1.807) is 23.9 Å². The molecule has 3 N–H and O–H groups in total. The second-order valence-electron chi connectivity index (χ2n) is 3.88. The van der Waals surface area contributed by atoms with Crippen molar-refractivity contribution >= 4 is 17.3 Å². The topological polar surface area (TPSA) is 81.0 Å². The van der Waals surface area contributed by atoms with Gasteiger partial charge in [-0.1, -0.05) is 6.07 Å². The fourth-order valence-electron chi connectivity index (χ4n) is 1.53. The van der Waals surface area contributed by atoms with Gasteiger partial charge in [0.05, 0.1) is 12.9 Å². The first-order valence-corrected chi connectivity index (χ1v) is 6.55. The van der Waals surface area contributed by atoms with Gasteiger partial charge in [-0.2, -0.15) is 0 Å². The van der Waals surface area contributed by atoms with Crippen LogP contribution in [0.15, 0.2) is 30.0 Å². The molecule has 18 heavy (non-hydrogen) atoms. The van der Waals surface area contributed by atoms with Crippen LogP contribution in [0.25, 0.3) is 0 Å². The zero-order valence-corrected chi connectivity index (χ0v) is 10.7. The van der Waals surface area contributed by atoms with Gasteiger partial charge in [0.25, 0.3) is 0 Å². The smallest absolute Gasteiger partial charge is 0.323 e. The Kier molecular flexibility index (Phi) is 4.49. The fourth-order valence-corrected chi connectivity index (χ4v) is 2.22. The van der Waals surface area contributed by atoms with Crippen LogP contribution in [0, 0.1) is 0 Å². The van der Waals surface area contributed by atoms with E-state index in [0.29, 0.717) is 13.0 Å². The van der Waals surface area contributed by atoms with Crippen molar-refractivity contribution in [2.24, 2.45) is 5.73 Å². The molecule has 0 aliphatic heterocycles. The number of carbonyl (C=O) groups excluding carboxylic acids is 1. The van der Waals surface area contributed by atoms with E-state index in [9.17, 15) is 4.79 Å². The number of carbonyl (C=O) groups is 1. The van der Waals surface area contributed by atoms with Crippen molar-refractivity contribution in [1.82, 2.24) is 9.97 Å². The Balaban J connectivity index is 1.70. The molecule has 0 radical (unpaired) electrons. The number of nitrogens with two attached hydrogens (primary N) is 1. The number of rotatable bonds is 6. The van der Waals surface area contributed by atoms with Gasteiger partial charge < -0.3 is 15.5 Å². The number of nitrogens with zero attached hydrogens (tertiary/aromatic N) is 1. The van der Waals surface area contributed by atoms with Gasteiger partial charge in [-0.05, 0) is 11.4 Å². The molecule has 2 aromatic heterocycles. The van der Waals surface area contributed by atoms with Crippen molar-refractivity contribution in [2.75, 3.05) is 6.61 Å². The number of nitrogens with one attached hydrogen (secondary N) is 1. The number of esters is 1. The van der Waals surface area contributed by atoms with E-state index in [2.05, 4.69) is 9.97 Å². The van der Waals surface area contributed by atoms with Crippen LogP contribution in [0.1, 0.15) is 10.6 Å². The van der Waals surface area contributed by atoms with E-state index < -0.39 is 6.04 Å². The summed E-state index contributed by atoms with van der Waals surface area (Å²) in [5, 5.41) is 2.00. The van der Waals surface area contributed by atoms with Gasteiger partial charge in [-0.25, -0.2) is 4.98 Å². The van der Waals surface area contributed by atoms with Crippen LogP contribution in [-0.4, -0.2) is 28.6 Å². The maximum absolute atomic E-state index is 11.6. The molecule has 96 valence electrons. The number of aromatic amines is 1. The lowest BCUT2D eigenvalue weighted by Crippen LogP contribution is -2.34. The minimum atomic E-state index is -0.645. The van der Waals surface area contributed by atoms with E-state index in [0.717, 1.165) is 12.1 Å². The van der Waals surface area contributed by atoms with Crippen molar-refractivity contribution in [3.63, 3.8) is 0 Å². The molecule has 1 unspecified atom stereocenters. The molecule has 0 fully saturated rings. The molecule has 0 aliphatic carbocycles. The van der Waals surface area contributed by atoms with Crippen LogP contribution in [-0.2, 0) is 22.4 Å². The molecule has 0 spiro atoms. The first-order valence-electron chi connectivity index (χ1n) is 5.67. The number of aromatic nitrogens is 2. The number of imidazole rings is 1. The lowest BCUT2D eigenvalue weighted by atomic mass is 10.2. The van der Waals surface area contributed by atoms with E-state index in [1.807, 2.05) is 17.5 Å². The summed E-state index contributed by atoms with van der Waals surface area (Å²) in [6, 6.07) is 3.35. The van der Waals surface area contributed by atoms with E-state index in [4.69, 9.17) is 10.5 Å². The van der Waals surface area contributed by atoms with Gasteiger partial charge in [0, 0.05) is 29.6 Å². The molecule has 0 aromatic carbocycles. The highest BCUT2D eigenvalue weighted by atomic mass is 32.1. The van der Waals surface area contributed by atoms with Crippen molar-refractivity contribution in [3.05, 3.63) is 40.6 Å². The normalized spacial score (nSPS) is 12.3. The zero-order valence-electron chi connectivity index (χ0n) is 9.83. The lowest BCUT2D eigenvalue weighted by molar-refractivity contribution is -0.145. The maximum atomic E-state index is 11.6. The highest BCUT2D eigenvalue weighted by Crippen LogP contribution is 2.09. The van der Waals surface area contributed by atoms with Crippen molar-refractivity contribution < 1.29 is 9.53 Å². The van der Waals surface area contributed by atoms with E-state index in [-0.39, 0.29) is 5.97 Å². The van der Waals surface area contributed by atoms with Crippen LogP contribution in [0.3, 0.4) is 0 Å². The third-order valence-corrected chi connectivity index (χ3v) is 3.41. The average Bonchev–Trinajstić information content (AvgIpc) is 3.01. The molecule has 0 bridgehead atoms. The van der Waals surface area contributed by atoms with Gasteiger partial charge >= 0.3 is 5.97 Å². The quantitative estimate of drug-likeness (QED) is 0.767. The molecule has 0 saturated heterocycles. The Morgan fingerprint density at radius 2 is 2.50 bits per heavy atom. The van der Waals surface area contributed by atoms with Gasteiger partial charge in [0.15, 0.2) is 0 Å². The van der Waals surface area contributed by atoms with Gasteiger partial charge in [-0.15, -0.1) is 11.3 Å². The molecule has 0 aliphatic rings. The standard InChI is InChI=1S/C12H15N3O2S/c13-11(6-9-7-14-8-15-9)12(16)17-4-3-10-2-1-5-18-10/h1-2,5,7-8,11H,3-4,6,13H2,(H,14,15). The Bertz CT molecular complexity index is 467. The minimum Gasteiger partial charge on any atom is -0.464 e. The summed E-state index contributed by atoms with van der Waals surface area (Å²) in [5.74, 6) is -0.374. The number of H-pyrrole nitrogens is 1. The third-order valence-electron chi connectivity index (χ3n) is 2.47. The van der Waals surface area contributed by atoms with Crippen LogP contribution in [0.5, 0.6) is 0 Å². The van der Waals surface area contributed by atoms with Crippen molar-refractivity contribution in [2.45, 2.75) is 18.9 Å². The minimum absolute atomic E-state index is 0.371. The SMILES string of the molecule is NC(Cc1cnc[nH]1)C(=O)OCCc1cccs1. The first-order chi connectivity index (χ1) is 8.75. The number of ether oxygens (including phenoxy) is 1. The Hall–Kier alpha value is -1.66. The summed E-state index contributed by atoms with van der Waals surface area (Å²) in [5.41, 5.74) is 6.58. The van der Waals surface area contributed by atoms with Crippen LogP contribution in [0.4, 0.5) is 0 Å². The summed E-state index contributed by atoms with van der Waals surface area (Å²) < 4.78 is 5.13. The molecule has 0 saturated carbocycles. The highest BCUT2D eigenvalue weighted by Gasteiger charge is 2.16. The maximum Gasteiger partial charge on any atom is 0.323 e. The Morgan fingerprint density at radius 1 is 1.61 bits per heavy atom. The number of hydrogen-bond donors (Lipinski definition) is 2. The first kappa shape index (κ1) is 12.8. The lowest BCUT2D eigenvalue weighted by Gasteiger charge is -2.10. The third kappa shape index (κ3) is 3.68. The van der Waals surface area contributed by atoms with E-state index in [1.165, 1.54) is 4.88 Å². The van der Waals surface area contributed by atoms with Gasteiger partial charge in [-0.3, -0.25) is 4.79 Å². The zero-order chi connectivity index (χ0) is 12.8. The number of thiophene rings is 1. The summed E-state index contributed by atoms with van der Waals surface area (Å²) in [6.07, 6.45) is 4.36. The average molecular weight is 265 g/mol. The monoisotopic (exact) mass is 265 g/mol. The summed E-state index contributed by atoms with van der Waals surface area (Å²) in [6.45, 7) is 0.371. The van der Waals surface area contributed by atoms with Crippen molar-refractivity contribution in [1.29, 1.82) is 0 Å².